The van der Waals surface area contributed by atoms with Gasteiger partial charge in [-0.2, -0.15) is 0 Å². The first-order chi connectivity index (χ1) is 6.84. The van der Waals surface area contributed by atoms with E-state index < -0.39 is 8.60 Å². The van der Waals surface area contributed by atoms with Crippen LogP contribution < -0.4 is 4.52 Å². The van der Waals surface area contributed by atoms with E-state index in [1.165, 1.54) is 0 Å². The van der Waals surface area contributed by atoms with E-state index in [0.717, 1.165) is 18.8 Å². The zero-order chi connectivity index (χ0) is 9.80. The van der Waals surface area contributed by atoms with Crippen molar-refractivity contribution in [2.75, 3.05) is 6.61 Å². The Morgan fingerprint density at radius 3 is 2.86 bits per heavy atom. The van der Waals surface area contributed by atoms with Gasteiger partial charge in [-0.15, -0.1) is 0 Å². The second-order valence-electron chi connectivity index (χ2n) is 3.17. The number of hydrogen-bond donors (Lipinski definition) is 0. The van der Waals surface area contributed by atoms with Crippen molar-refractivity contribution in [3.8, 4) is 5.75 Å². The Bertz CT molecular complexity index is 278. The van der Waals surface area contributed by atoms with Crippen LogP contribution >= 0.6 is 8.60 Å². The van der Waals surface area contributed by atoms with Crippen molar-refractivity contribution in [2.24, 2.45) is 0 Å². The van der Waals surface area contributed by atoms with Crippen LogP contribution in [0.25, 0.3) is 0 Å². The van der Waals surface area contributed by atoms with E-state index in [4.69, 9.17) is 13.6 Å². The highest BCUT2D eigenvalue weighted by Crippen LogP contribution is 2.44. The maximum atomic E-state index is 5.55. The first-order valence-corrected chi connectivity index (χ1v) is 5.77. The molecule has 1 aliphatic rings. The van der Waals surface area contributed by atoms with Gasteiger partial charge in [0.25, 0.3) is 0 Å². The molecule has 3 nitrogen and oxygen atoms in total. The summed E-state index contributed by atoms with van der Waals surface area (Å²) in [6.07, 6.45) is 1.18. The van der Waals surface area contributed by atoms with Gasteiger partial charge in [0.05, 0.1) is 12.7 Å². The fourth-order valence-electron chi connectivity index (χ4n) is 1.14. The monoisotopic (exact) mass is 212 g/mol. The maximum absolute atomic E-state index is 5.55. The summed E-state index contributed by atoms with van der Waals surface area (Å²) in [5, 5.41) is 0. The van der Waals surface area contributed by atoms with Crippen molar-refractivity contribution in [3.63, 3.8) is 0 Å². The predicted molar refractivity (Wildman–Crippen MR) is 55.1 cm³/mol. The van der Waals surface area contributed by atoms with Gasteiger partial charge in [-0.1, -0.05) is 18.2 Å². The van der Waals surface area contributed by atoms with Crippen LogP contribution in [0.5, 0.6) is 5.75 Å². The molecular weight excluding hydrogens is 199 g/mol. The summed E-state index contributed by atoms with van der Waals surface area (Å²) in [5.74, 6) is 0.799. The highest BCUT2D eigenvalue weighted by atomic mass is 31.2. The number of benzene rings is 1. The van der Waals surface area contributed by atoms with Gasteiger partial charge < -0.3 is 9.05 Å². The molecule has 0 radical (unpaired) electrons. The van der Waals surface area contributed by atoms with Crippen molar-refractivity contribution in [1.29, 1.82) is 0 Å². The minimum Gasteiger partial charge on any atom is -0.427 e. The molecule has 0 saturated carbocycles. The van der Waals surface area contributed by atoms with E-state index in [0.29, 0.717) is 0 Å². The molecule has 0 aliphatic carbocycles. The SMILES string of the molecule is C[C@@H]1CCO[P@@](Oc2ccccc2)O1. The minimum atomic E-state index is -1.19. The first-order valence-electron chi connectivity index (χ1n) is 4.67. The lowest BCUT2D eigenvalue weighted by molar-refractivity contribution is 0.0936. The van der Waals surface area contributed by atoms with Crippen LogP contribution in [0, 0.1) is 0 Å². The molecule has 2 rings (SSSR count). The lowest BCUT2D eigenvalue weighted by Crippen LogP contribution is -2.16. The molecule has 0 amide bonds. The molecule has 1 aromatic rings. The van der Waals surface area contributed by atoms with E-state index in [9.17, 15) is 0 Å². The molecule has 2 atom stereocenters. The van der Waals surface area contributed by atoms with Gasteiger partial charge in [-0.3, -0.25) is 4.52 Å². The largest absolute Gasteiger partial charge is 0.427 e. The molecule has 4 heteroatoms. The molecule has 1 aliphatic heterocycles. The summed E-state index contributed by atoms with van der Waals surface area (Å²) >= 11 is 0. The van der Waals surface area contributed by atoms with E-state index >= 15 is 0 Å². The summed E-state index contributed by atoms with van der Waals surface area (Å²) in [6, 6.07) is 9.60. The van der Waals surface area contributed by atoms with Crippen molar-refractivity contribution in [1.82, 2.24) is 0 Å². The van der Waals surface area contributed by atoms with Crippen molar-refractivity contribution in [3.05, 3.63) is 30.3 Å². The quantitative estimate of drug-likeness (QED) is 0.705. The summed E-state index contributed by atoms with van der Waals surface area (Å²) in [5.41, 5.74) is 0. The molecule has 1 aromatic carbocycles. The lowest BCUT2D eigenvalue weighted by atomic mass is 10.3. The van der Waals surface area contributed by atoms with Crippen LogP contribution in [0.15, 0.2) is 30.3 Å². The third kappa shape index (κ3) is 2.68. The Hall–Kier alpha value is -0.630. The Balaban J connectivity index is 1.91. The van der Waals surface area contributed by atoms with Gasteiger partial charge in [-0.25, -0.2) is 0 Å². The van der Waals surface area contributed by atoms with E-state index in [-0.39, 0.29) is 6.10 Å². The molecule has 1 fully saturated rings. The molecule has 1 heterocycles. The van der Waals surface area contributed by atoms with E-state index in [2.05, 4.69) is 0 Å². The van der Waals surface area contributed by atoms with E-state index in [1.807, 2.05) is 37.3 Å². The molecule has 76 valence electrons. The molecular formula is C10H13O3P. The van der Waals surface area contributed by atoms with Gasteiger partial charge >= 0.3 is 8.60 Å². The summed E-state index contributed by atoms with van der Waals surface area (Å²) < 4.78 is 16.4. The molecule has 0 aromatic heterocycles. The summed E-state index contributed by atoms with van der Waals surface area (Å²) in [6.45, 7) is 2.76. The molecule has 0 N–H and O–H groups in total. The Kier molecular flexibility index (Phi) is 3.35. The van der Waals surface area contributed by atoms with Crippen LogP contribution in [0.2, 0.25) is 0 Å². The Morgan fingerprint density at radius 1 is 1.36 bits per heavy atom. The minimum absolute atomic E-state index is 0.235. The number of hydrogen-bond acceptors (Lipinski definition) is 3. The number of rotatable bonds is 2. The van der Waals surface area contributed by atoms with Gasteiger partial charge in [0.15, 0.2) is 0 Å². The fraction of sp³-hybridized carbons (Fsp3) is 0.400. The lowest BCUT2D eigenvalue weighted by Gasteiger charge is -2.25. The average Bonchev–Trinajstić information content (AvgIpc) is 2.19. The number of para-hydroxylation sites is 1. The third-order valence-electron chi connectivity index (χ3n) is 1.91. The fourth-order valence-corrected chi connectivity index (χ4v) is 2.24. The summed E-state index contributed by atoms with van der Waals surface area (Å²) in [4.78, 5) is 0. The average molecular weight is 212 g/mol. The van der Waals surface area contributed by atoms with Crippen LogP contribution in [0.1, 0.15) is 13.3 Å². The second-order valence-corrected chi connectivity index (χ2v) is 4.26. The standard InChI is InChI=1S/C10H13O3P/c1-9-7-8-11-14(12-9)13-10-5-3-2-4-6-10/h2-6,9H,7-8H2,1H3/t9-,14-/m1/s1. The Labute approximate surface area is 85.0 Å². The summed E-state index contributed by atoms with van der Waals surface area (Å²) in [7, 11) is -1.19. The highest BCUT2D eigenvalue weighted by molar-refractivity contribution is 7.42. The Morgan fingerprint density at radius 2 is 2.14 bits per heavy atom. The smallest absolute Gasteiger partial charge is 0.397 e. The molecule has 0 bridgehead atoms. The zero-order valence-electron chi connectivity index (χ0n) is 8.05. The zero-order valence-corrected chi connectivity index (χ0v) is 8.94. The van der Waals surface area contributed by atoms with Crippen LogP contribution in [0.4, 0.5) is 0 Å². The normalized spacial score (nSPS) is 27.2. The van der Waals surface area contributed by atoms with Crippen LogP contribution in [-0.4, -0.2) is 12.7 Å². The first kappa shape index (κ1) is 9.91. The highest BCUT2D eigenvalue weighted by Gasteiger charge is 2.23. The maximum Gasteiger partial charge on any atom is 0.397 e. The van der Waals surface area contributed by atoms with Crippen LogP contribution in [-0.2, 0) is 9.05 Å². The molecule has 0 unspecified atom stereocenters. The predicted octanol–water partition coefficient (Wildman–Crippen LogP) is 3.12. The van der Waals surface area contributed by atoms with E-state index in [1.54, 1.807) is 0 Å². The van der Waals surface area contributed by atoms with Crippen molar-refractivity contribution < 1.29 is 13.6 Å². The van der Waals surface area contributed by atoms with Gasteiger partial charge in [-0.05, 0) is 25.5 Å². The van der Waals surface area contributed by atoms with Gasteiger partial charge in [0, 0.05) is 0 Å². The van der Waals surface area contributed by atoms with Crippen LogP contribution in [0.3, 0.4) is 0 Å². The van der Waals surface area contributed by atoms with Crippen molar-refractivity contribution >= 4 is 8.60 Å². The third-order valence-corrected chi connectivity index (χ3v) is 3.20. The molecule has 1 saturated heterocycles. The van der Waals surface area contributed by atoms with Gasteiger partial charge in [0.2, 0.25) is 0 Å². The molecule has 14 heavy (non-hydrogen) atoms. The second kappa shape index (κ2) is 4.74. The van der Waals surface area contributed by atoms with Crippen molar-refractivity contribution in [2.45, 2.75) is 19.4 Å². The topological polar surface area (TPSA) is 27.7 Å². The van der Waals surface area contributed by atoms with Gasteiger partial charge in [0.1, 0.15) is 5.75 Å². The molecule has 0 spiro atoms.